The molecule has 0 radical (unpaired) electrons. The molecule has 0 aliphatic carbocycles. The number of hydrogen-bond acceptors (Lipinski definition) is 7. The molecular formula is C17H18N2O7S2. The van der Waals surface area contributed by atoms with Crippen molar-refractivity contribution >= 4 is 37.4 Å². The van der Waals surface area contributed by atoms with E-state index in [2.05, 4.69) is 9.46 Å². The number of hydrogen-bond donors (Lipinski definition) is 1. The summed E-state index contributed by atoms with van der Waals surface area (Å²) in [6.45, 7) is -0.255. The molecule has 1 aliphatic heterocycles. The van der Waals surface area contributed by atoms with E-state index in [1.54, 1.807) is 24.3 Å². The predicted octanol–water partition coefficient (Wildman–Crippen LogP) is 1.19. The van der Waals surface area contributed by atoms with Gasteiger partial charge in [0.25, 0.3) is 10.0 Å². The fourth-order valence-electron chi connectivity index (χ4n) is 2.72. The number of nitrogens with one attached hydrogen (secondary N) is 1. The summed E-state index contributed by atoms with van der Waals surface area (Å²) in [6, 6.07) is 11.7. The number of fused-ring (bicyclic) bond motifs is 1. The lowest BCUT2D eigenvalue weighted by molar-refractivity contribution is -0.148. The van der Waals surface area contributed by atoms with Crippen LogP contribution in [-0.2, 0) is 29.6 Å². The van der Waals surface area contributed by atoms with Crippen molar-refractivity contribution < 1.29 is 31.1 Å². The number of ether oxygens (including phenoxy) is 2. The van der Waals surface area contributed by atoms with Crippen molar-refractivity contribution in [3.63, 3.8) is 0 Å². The summed E-state index contributed by atoms with van der Waals surface area (Å²) in [4.78, 5) is 11.9. The van der Waals surface area contributed by atoms with Gasteiger partial charge in [0.2, 0.25) is 16.1 Å². The third-order valence-electron chi connectivity index (χ3n) is 3.94. The molecule has 0 fully saturated rings. The number of methoxy groups -OCH3 is 1. The highest BCUT2D eigenvalue weighted by Crippen LogP contribution is 2.37. The summed E-state index contributed by atoms with van der Waals surface area (Å²) in [5, 5.41) is 0. The van der Waals surface area contributed by atoms with E-state index in [0.717, 1.165) is 10.6 Å². The van der Waals surface area contributed by atoms with Crippen LogP contribution >= 0.6 is 0 Å². The molecule has 2 aromatic rings. The first kappa shape index (κ1) is 20.0. The van der Waals surface area contributed by atoms with E-state index >= 15 is 0 Å². The molecule has 0 bridgehead atoms. The van der Waals surface area contributed by atoms with Crippen LogP contribution in [0.3, 0.4) is 0 Å². The van der Waals surface area contributed by atoms with E-state index < -0.39 is 32.1 Å². The van der Waals surface area contributed by atoms with Crippen molar-refractivity contribution in [1.29, 1.82) is 0 Å². The summed E-state index contributed by atoms with van der Waals surface area (Å²) in [5.41, 5.74) is 0.525. The molecule has 0 saturated carbocycles. The zero-order valence-electron chi connectivity index (χ0n) is 15.0. The first-order chi connectivity index (χ1) is 13.1. The van der Waals surface area contributed by atoms with E-state index in [4.69, 9.17) is 4.74 Å². The molecule has 0 saturated heterocycles. The Bertz CT molecular complexity index is 1100. The van der Waals surface area contributed by atoms with E-state index in [-0.39, 0.29) is 22.9 Å². The van der Waals surface area contributed by atoms with Gasteiger partial charge in [-0.25, -0.2) is 21.6 Å². The Kier molecular flexibility index (Phi) is 5.22. The zero-order chi connectivity index (χ0) is 20.5. The van der Waals surface area contributed by atoms with Gasteiger partial charge < -0.3 is 9.47 Å². The van der Waals surface area contributed by atoms with E-state index in [1.165, 1.54) is 31.4 Å². The second-order valence-corrected chi connectivity index (χ2v) is 9.64. The normalized spacial score (nSPS) is 16.6. The highest BCUT2D eigenvalue weighted by molar-refractivity contribution is 7.93. The Hall–Kier alpha value is -2.79. The lowest BCUT2D eigenvalue weighted by atomic mass is 10.2. The molecule has 0 amide bonds. The molecule has 9 nitrogen and oxygen atoms in total. The van der Waals surface area contributed by atoms with Crippen LogP contribution in [0.1, 0.15) is 0 Å². The summed E-state index contributed by atoms with van der Waals surface area (Å²) in [7, 11) is -6.33. The highest BCUT2D eigenvalue weighted by atomic mass is 32.2. The van der Waals surface area contributed by atoms with Gasteiger partial charge in [0, 0.05) is 5.69 Å². The molecule has 1 heterocycles. The number of anilines is 2. The molecule has 1 atom stereocenters. The molecule has 1 aliphatic rings. The lowest BCUT2D eigenvalue weighted by Crippen LogP contribution is -2.47. The Morgan fingerprint density at radius 1 is 1.11 bits per heavy atom. The predicted molar refractivity (Wildman–Crippen MR) is 102 cm³/mol. The van der Waals surface area contributed by atoms with Gasteiger partial charge in [0.05, 0.1) is 30.5 Å². The van der Waals surface area contributed by atoms with Gasteiger partial charge in [-0.15, -0.1) is 0 Å². The SMILES string of the molecule is COC(=O)[C@H]1CN(S(=O)(=O)c2ccc(NS(C)(=O)=O)cc2)c2ccccc2O1. The fourth-order valence-corrected chi connectivity index (χ4v) is 4.76. The number of esters is 1. The molecule has 28 heavy (non-hydrogen) atoms. The fraction of sp³-hybridized carbons (Fsp3) is 0.235. The number of nitrogens with zero attached hydrogens (tertiary/aromatic N) is 1. The quantitative estimate of drug-likeness (QED) is 0.713. The maximum Gasteiger partial charge on any atom is 0.348 e. The zero-order valence-corrected chi connectivity index (χ0v) is 16.7. The average Bonchev–Trinajstić information content (AvgIpc) is 2.65. The van der Waals surface area contributed by atoms with Crippen LogP contribution in [0.4, 0.5) is 11.4 Å². The van der Waals surface area contributed by atoms with Crippen molar-refractivity contribution in [1.82, 2.24) is 0 Å². The van der Waals surface area contributed by atoms with Crippen molar-refractivity contribution in [3.05, 3.63) is 48.5 Å². The average molecular weight is 426 g/mol. The standard InChI is InChI=1S/C17H18N2O7S2/c1-25-17(20)16-11-19(14-5-3-4-6-15(14)26-16)28(23,24)13-9-7-12(8-10-13)18-27(2,21)22/h3-10,16,18H,11H2,1-2H3/t16-/m1/s1. The van der Waals surface area contributed by atoms with Crippen molar-refractivity contribution in [2.45, 2.75) is 11.0 Å². The minimum Gasteiger partial charge on any atom is -0.475 e. The highest BCUT2D eigenvalue weighted by Gasteiger charge is 2.37. The number of para-hydroxylation sites is 2. The number of benzene rings is 2. The van der Waals surface area contributed by atoms with Crippen molar-refractivity contribution in [2.24, 2.45) is 0 Å². The van der Waals surface area contributed by atoms with Crippen LogP contribution in [-0.4, -0.2) is 48.8 Å². The largest absolute Gasteiger partial charge is 0.475 e. The molecule has 11 heteroatoms. The van der Waals surface area contributed by atoms with Crippen molar-refractivity contribution in [3.8, 4) is 5.75 Å². The Morgan fingerprint density at radius 3 is 2.36 bits per heavy atom. The van der Waals surface area contributed by atoms with Gasteiger partial charge in [-0.3, -0.25) is 9.03 Å². The summed E-state index contributed by atoms with van der Waals surface area (Å²) < 4.78 is 62.6. The topological polar surface area (TPSA) is 119 Å². The Morgan fingerprint density at radius 2 is 1.75 bits per heavy atom. The van der Waals surface area contributed by atoms with Crippen LogP contribution in [0.15, 0.2) is 53.4 Å². The summed E-state index contributed by atoms with van der Waals surface area (Å²) >= 11 is 0. The second-order valence-electron chi connectivity index (χ2n) is 6.03. The van der Waals surface area contributed by atoms with Gasteiger partial charge in [-0.05, 0) is 36.4 Å². The van der Waals surface area contributed by atoms with E-state index in [1.807, 2.05) is 0 Å². The third kappa shape index (κ3) is 4.04. The second kappa shape index (κ2) is 7.32. The minimum atomic E-state index is -4.04. The van der Waals surface area contributed by atoms with Gasteiger partial charge in [-0.2, -0.15) is 0 Å². The lowest BCUT2D eigenvalue weighted by Gasteiger charge is -2.34. The summed E-state index contributed by atoms with van der Waals surface area (Å²) in [6.07, 6.45) is -0.115. The molecule has 3 rings (SSSR count). The number of rotatable bonds is 5. The maximum absolute atomic E-state index is 13.2. The first-order valence-corrected chi connectivity index (χ1v) is 11.4. The van der Waals surface area contributed by atoms with Crippen molar-refractivity contribution in [2.75, 3.05) is 28.9 Å². The smallest absolute Gasteiger partial charge is 0.348 e. The van der Waals surface area contributed by atoms with E-state index in [9.17, 15) is 21.6 Å². The van der Waals surface area contributed by atoms with Gasteiger partial charge in [0.15, 0.2) is 0 Å². The molecule has 150 valence electrons. The van der Waals surface area contributed by atoms with Gasteiger partial charge >= 0.3 is 5.97 Å². The van der Waals surface area contributed by atoms with E-state index in [0.29, 0.717) is 5.69 Å². The van der Waals surface area contributed by atoms with Crippen LogP contribution in [0.5, 0.6) is 5.75 Å². The van der Waals surface area contributed by atoms with Crippen LogP contribution < -0.4 is 13.8 Å². The number of sulfonamides is 2. The molecule has 0 spiro atoms. The van der Waals surface area contributed by atoms with Gasteiger partial charge in [0.1, 0.15) is 5.75 Å². The molecule has 0 unspecified atom stereocenters. The number of carbonyl (C=O) groups excluding carboxylic acids is 1. The van der Waals surface area contributed by atoms with Gasteiger partial charge in [-0.1, -0.05) is 12.1 Å². The monoisotopic (exact) mass is 426 g/mol. The maximum atomic E-state index is 13.2. The minimum absolute atomic E-state index is 0.0631. The molecule has 0 aromatic heterocycles. The molecular weight excluding hydrogens is 408 g/mol. The van der Waals surface area contributed by atoms with Crippen LogP contribution in [0, 0.1) is 0 Å². The van der Waals surface area contributed by atoms with Crippen LogP contribution in [0.25, 0.3) is 0 Å². The Balaban J connectivity index is 1.99. The van der Waals surface area contributed by atoms with Crippen LogP contribution in [0.2, 0.25) is 0 Å². The molecule has 2 aromatic carbocycles. The number of carbonyl (C=O) groups is 1. The first-order valence-electron chi connectivity index (χ1n) is 8.06. The summed E-state index contributed by atoms with van der Waals surface area (Å²) in [5.74, 6) is -0.453. The Labute approximate surface area is 163 Å². The third-order valence-corrected chi connectivity index (χ3v) is 6.34. The molecule has 1 N–H and O–H groups in total.